The second-order valence-electron chi connectivity index (χ2n) is 7.81. The summed E-state index contributed by atoms with van der Waals surface area (Å²) in [4.78, 5) is 39.0. The van der Waals surface area contributed by atoms with Crippen LogP contribution < -0.4 is 9.64 Å². The summed E-state index contributed by atoms with van der Waals surface area (Å²) in [5.74, 6) is -1.01. The fourth-order valence-electron chi connectivity index (χ4n) is 4.24. The Hall–Kier alpha value is -3.68. The fraction of sp³-hybridized carbons (Fsp3) is 0.208. The van der Waals surface area contributed by atoms with Gasteiger partial charge in [0.05, 0.1) is 54.3 Å². The van der Waals surface area contributed by atoms with Gasteiger partial charge in [0.2, 0.25) is 0 Å². The number of nitrogens with zero attached hydrogens (tertiary/aromatic N) is 5. The lowest BCUT2D eigenvalue weighted by Gasteiger charge is -2.41. The van der Waals surface area contributed by atoms with Gasteiger partial charge in [-0.25, -0.2) is 14.1 Å². The summed E-state index contributed by atoms with van der Waals surface area (Å²) < 4.78 is 19.2. The summed E-state index contributed by atoms with van der Waals surface area (Å²) in [6, 6.07) is 7.01. The first-order valence-corrected chi connectivity index (χ1v) is 11.8. The topological polar surface area (TPSA) is 99.4 Å². The Morgan fingerprint density at radius 2 is 2.14 bits per heavy atom. The van der Waals surface area contributed by atoms with E-state index >= 15 is 0 Å². The number of hydrogen-bond donors (Lipinski definition) is 0. The van der Waals surface area contributed by atoms with Crippen molar-refractivity contribution in [2.75, 3.05) is 18.6 Å². The average molecular weight is 510 g/mol. The van der Waals surface area contributed by atoms with Gasteiger partial charge in [0.15, 0.2) is 11.6 Å². The third-order valence-corrected chi connectivity index (χ3v) is 7.52. The number of fused-ring (bicyclic) bond motifs is 2. The van der Waals surface area contributed by atoms with Crippen molar-refractivity contribution in [1.82, 2.24) is 14.9 Å². The van der Waals surface area contributed by atoms with Gasteiger partial charge in [-0.2, -0.15) is 5.26 Å². The van der Waals surface area contributed by atoms with Gasteiger partial charge in [0.1, 0.15) is 5.25 Å². The van der Waals surface area contributed by atoms with Crippen molar-refractivity contribution >= 4 is 56.8 Å². The number of urea groups is 1. The van der Waals surface area contributed by atoms with Gasteiger partial charge in [0.25, 0.3) is 5.91 Å². The predicted molar refractivity (Wildman–Crippen MR) is 130 cm³/mol. The molecule has 3 amide bonds. The number of methoxy groups -OCH3 is 1. The molecule has 1 fully saturated rings. The van der Waals surface area contributed by atoms with Crippen molar-refractivity contribution in [2.24, 2.45) is 0 Å². The minimum atomic E-state index is -0.694. The molecule has 0 saturated carbocycles. The minimum Gasteiger partial charge on any atom is -0.494 e. The maximum atomic E-state index is 14.1. The highest BCUT2D eigenvalue weighted by molar-refractivity contribution is 8.09. The van der Waals surface area contributed by atoms with Gasteiger partial charge in [-0.15, -0.1) is 11.8 Å². The zero-order valence-corrected chi connectivity index (χ0v) is 19.9. The number of anilines is 1. The van der Waals surface area contributed by atoms with E-state index in [1.807, 2.05) is 0 Å². The molecule has 0 aliphatic carbocycles. The molecule has 35 heavy (non-hydrogen) atoms. The molecule has 2 atom stereocenters. The van der Waals surface area contributed by atoms with Crippen LogP contribution in [0.5, 0.6) is 5.75 Å². The Labute approximate surface area is 208 Å². The van der Waals surface area contributed by atoms with E-state index in [9.17, 15) is 19.2 Å². The number of rotatable bonds is 5. The molecule has 5 rings (SSSR count). The number of carbonyl (C=O) groups excluding carboxylic acids is 2. The van der Waals surface area contributed by atoms with Crippen LogP contribution in [0.2, 0.25) is 5.02 Å². The van der Waals surface area contributed by atoms with Crippen LogP contribution in [-0.4, -0.2) is 51.8 Å². The van der Waals surface area contributed by atoms with Crippen LogP contribution in [0.4, 0.5) is 14.9 Å². The molecule has 0 bridgehead atoms. The lowest BCUT2D eigenvalue weighted by atomic mass is 10.0. The summed E-state index contributed by atoms with van der Waals surface area (Å²) in [7, 11) is 1.35. The zero-order valence-electron chi connectivity index (χ0n) is 18.3. The molecule has 2 aliphatic rings. The predicted octanol–water partition coefficient (Wildman–Crippen LogP) is 4.64. The minimum absolute atomic E-state index is 0.0143. The molecule has 2 aromatic heterocycles. The normalized spacial score (nSPS) is 19.5. The Balaban J connectivity index is 1.59. The molecule has 0 N–H and O–H groups in total. The largest absolute Gasteiger partial charge is 0.494 e. The summed E-state index contributed by atoms with van der Waals surface area (Å²) >= 11 is 7.56. The third-order valence-electron chi connectivity index (χ3n) is 5.87. The van der Waals surface area contributed by atoms with Gasteiger partial charge < -0.3 is 9.64 Å². The van der Waals surface area contributed by atoms with Crippen LogP contribution in [0.3, 0.4) is 0 Å². The molecule has 3 aromatic rings. The molecule has 1 aromatic carbocycles. The molecule has 4 heterocycles. The Morgan fingerprint density at radius 1 is 1.31 bits per heavy atom. The molecule has 176 valence electrons. The number of ether oxygens (including phenoxy) is 1. The lowest BCUT2D eigenvalue weighted by molar-refractivity contribution is -0.119. The highest BCUT2D eigenvalue weighted by atomic mass is 35.5. The Morgan fingerprint density at radius 3 is 2.91 bits per heavy atom. The smallest absolute Gasteiger partial charge is 0.332 e. The van der Waals surface area contributed by atoms with Crippen molar-refractivity contribution in [3.05, 3.63) is 65.3 Å². The maximum absolute atomic E-state index is 14.1. The average Bonchev–Trinajstić information content (AvgIpc) is 3.29. The van der Waals surface area contributed by atoms with Crippen molar-refractivity contribution in [3.63, 3.8) is 0 Å². The first-order chi connectivity index (χ1) is 16.9. The number of nitriles is 1. The molecule has 2 aliphatic heterocycles. The lowest BCUT2D eigenvalue weighted by Crippen LogP contribution is -2.62. The van der Waals surface area contributed by atoms with Gasteiger partial charge in [-0.1, -0.05) is 11.6 Å². The van der Waals surface area contributed by atoms with E-state index in [-0.39, 0.29) is 23.7 Å². The number of imide groups is 1. The van der Waals surface area contributed by atoms with Gasteiger partial charge >= 0.3 is 6.03 Å². The number of pyridine rings is 2. The van der Waals surface area contributed by atoms with Crippen molar-refractivity contribution in [3.8, 4) is 11.8 Å². The Bertz CT molecular complexity index is 1440. The van der Waals surface area contributed by atoms with Crippen LogP contribution in [0.15, 0.2) is 48.9 Å². The number of benzene rings is 1. The van der Waals surface area contributed by atoms with E-state index in [2.05, 4.69) is 16.0 Å². The highest BCUT2D eigenvalue weighted by Crippen LogP contribution is 2.48. The van der Waals surface area contributed by atoms with Crippen LogP contribution in [0, 0.1) is 17.1 Å². The SMILES string of the molecule is COc1cc(C2=CC3C(S2)C(=O)N(c2cncc4ncccc24)C(=O)N3CCC#N)c(Cl)cc1F. The second-order valence-corrected chi connectivity index (χ2v) is 9.40. The molecule has 0 radical (unpaired) electrons. The number of hydrogen-bond acceptors (Lipinski definition) is 7. The first-order valence-electron chi connectivity index (χ1n) is 10.6. The van der Waals surface area contributed by atoms with E-state index in [1.165, 1.54) is 36.0 Å². The quantitative estimate of drug-likeness (QED) is 0.494. The van der Waals surface area contributed by atoms with Gasteiger partial charge in [-0.3, -0.25) is 14.8 Å². The molecule has 0 spiro atoms. The van der Waals surface area contributed by atoms with Crippen molar-refractivity contribution < 1.29 is 18.7 Å². The van der Waals surface area contributed by atoms with Gasteiger partial charge in [0, 0.05) is 28.6 Å². The van der Waals surface area contributed by atoms with Crippen LogP contribution in [0.25, 0.3) is 15.8 Å². The zero-order chi connectivity index (χ0) is 24.7. The molecule has 1 saturated heterocycles. The van der Waals surface area contributed by atoms with E-state index < -0.39 is 29.0 Å². The molecule has 2 unspecified atom stereocenters. The summed E-state index contributed by atoms with van der Waals surface area (Å²) in [6.45, 7) is 0.127. The molecule has 11 heteroatoms. The molecular formula is C24H17ClFN5O3S. The van der Waals surface area contributed by atoms with E-state index in [0.29, 0.717) is 27.1 Å². The molecule has 8 nitrogen and oxygen atoms in total. The maximum Gasteiger partial charge on any atom is 0.332 e. The number of thioether (sulfide) groups is 1. The summed E-state index contributed by atoms with van der Waals surface area (Å²) in [6.07, 6.45) is 6.47. The fourth-order valence-corrected chi connectivity index (χ4v) is 5.91. The van der Waals surface area contributed by atoms with Gasteiger partial charge in [-0.05, 0) is 30.3 Å². The third kappa shape index (κ3) is 3.87. The number of halogens is 2. The molecular weight excluding hydrogens is 493 g/mol. The van der Waals surface area contributed by atoms with Crippen molar-refractivity contribution in [1.29, 1.82) is 5.26 Å². The van der Waals surface area contributed by atoms with E-state index in [0.717, 1.165) is 11.0 Å². The number of aromatic nitrogens is 2. The van der Waals surface area contributed by atoms with Crippen LogP contribution in [0.1, 0.15) is 12.0 Å². The number of carbonyl (C=O) groups is 2. The first kappa shape index (κ1) is 23.1. The van der Waals surface area contributed by atoms with E-state index in [4.69, 9.17) is 16.3 Å². The Kier molecular flexibility index (Phi) is 6.05. The van der Waals surface area contributed by atoms with Crippen molar-refractivity contribution in [2.45, 2.75) is 17.7 Å². The van der Waals surface area contributed by atoms with Crippen LogP contribution in [-0.2, 0) is 4.79 Å². The monoisotopic (exact) mass is 509 g/mol. The standard InChI is InChI=1S/C24H17ClFN5O3S/c1-34-20-8-14(15(25)9-16(20)26)21-10-18-22(35-21)23(32)31(24(33)30(18)7-3-5-27)19-12-28-11-17-13(19)4-2-6-29-17/h2,4,6,8-12,18,22H,3,7H2,1H3. The van der Waals surface area contributed by atoms with E-state index in [1.54, 1.807) is 30.6 Å². The number of amides is 3. The summed E-state index contributed by atoms with van der Waals surface area (Å²) in [5, 5.41) is 9.24. The highest BCUT2D eigenvalue weighted by Gasteiger charge is 2.50. The van der Waals surface area contributed by atoms with Crippen LogP contribution >= 0.6 is 23.4 Å². The summed E-state index contributed by atoms with van der Waals surface area (Å²) in [5.41, 5.74) is 1.35. The second kappa shape index (κ2) is 9.17.